The molecule has 0 saturated heterocycles. The van der Waals surface area contributed by atoms with E-state index in [0.717, 1.165) is 17.0 Å². The van der Waals surface area contributed by atoms with Crippen molar-refractivity contribution in [2.45, 2.75) is 23.9 Å². The molecular weight excluding hydrogens is 364 g/mol. The number of nitrogens with one attached hydrogen (secondary N) is 2. The van der Waals surface area contributed by atoms with Gasteiger partial charge in [0, 0.05) is 7.05 Å². The summed E-state index contributed by atoms with van der Waals surface area (Å²) < 4.78 is 7.48. The van der Waals surface area contributed by atoms with Gasteiger partial charge in [0.15, 0.2) is 5.16 Å². The van der Waals surface area contributed by atoms with Gasteiger partial charge in [0.2, 0.25) is 5.91 Å². The minimum atomic E-state index is -0.531. The Morgan fingerprint density at radius 2 is 2.00 bits per heavy atom. The number of urea groups is 1. The minimum Gasteiger partial charge on any atom is -0.467 e. The molecule has 0 spiro atoms. The molecule has 0 bridgehead atoms. The molecule has 3 aromatic rings. The van der Waals surface area contributed by atoms with Gasteiger partial charge in [-0.3, -0.25) is 10.1 Å². The van der Waals surface area contributed by atoms with Crippen LogP contribution in [0.1, 0.15) is 12.7 Å². The standard InChI is InChI=1S/C19H20N4O3S/c1-13(17(24)22-18(25)20-2)27-19-21-11-16(14-7-4-3-5-8-14)23(19)12-15-9-6-10-26-15/h3-11,13H,12H2,1-2H3,(H2,20,22,24,25)/t13-/m1/s1. The summed E-state index contributed by atoms with van der Waals surface area (Å²) in [5, 5.41) is 4.83. The zero-order valence-corrected chi connectivity index (χ0v) is 15.8. The molecule has 2 aromatic heterocycles. The molecule has 2 N–H and O–H groups in total. The first kappa shape index (κ1) is 18.8. The largest absolute Gasteiger partial charge is 0.467 e. The molecule has 0 fully saturated rings. The molecule has 7 nitrogen and oxygen atoms in total. The Kier molecular flexibility index (Phi) is 5.97. The van der Waals surface area contributed by atoms with Gasteiger partial charge in [-0.05, 0) is 24.6 Å². The first-order chi connectivity index (χ1) is 13.1. The fraction of sp³-hybridized carbons (Fsp3) is 0.211. The topological polar surface area (TPSA) is 89.2 Å². The molecule has 3 amide bonds. The molecule has 8 heteroatoms. The van der Waals surface area contributed by atoms with E-state index < -0.39 is 11.3 Å². The maximum Gasteiger partial charge on any atom is 0.321 e. The molecule has 27 heavy (non-hydrogen) atoms. The van der Waals surface area contributed by atoms with Crippen LogP contribution in [0.2, 0.25) is 0 Å². The number of carbonyl (C=O) groups is 2. The lowest BCUT2D eigenvalue weighted by atomic mass is 10.2. The van der Waals surface area contributed by atoms with Gasteiger partial charge in [0.25, 0.3) is 0 Å². The van der Waals surface area contributed by atoms with Gasteiger partial charge in [0.1, 0.15) is 5.76 Å². The monoisotopic (exact) mass is 384 g/mol. The zero-order chi connectivity index (χ0) is 19.2. The van der Waals surface area contributed by atoms with E-state index in [2.05, 4.69) is 15.6 Å². The number of amides is 3. The Hall–Kier alpha value is -3.00. The van der Waals surface area contributed by atoms with E-state index in [4.69, 9.17) is 4.42 Å². The van der Waals surface area contributed by atoms with Crippen molar-refractivity contribution in [3.05, 3.63) is 60.7 Å². The molecule has 1 atom stereocenters. The summed E-state index contributed by atoms with van der Waals surface area (Å²) in [6.45, 7) is 2.22. The number of imide groups is 1. The summed E-state index contributed by atoms with van der Waals surface area (Å²) in [5.74, 6) is 0.405. The lowest BCUT2D eigenvalue weighted by molar-refractivity contribution is -0.119. The smallest absolute Gasteiger partial charge is 0.321 e. The third kappa shape index (κ3) is 4.59. The van der Waals surface area contributed by atoms with Crippen molar-refractivity contribution in [1.29, 1.82) is 0 Å². The van der Waals surface area contributed by atoms with Crippen molar-refractivity contribution >= 4 is 23.7 Å². The van der Waals surface area contributed by atoms with Crippen molar-refractivity contribution in [2.75, 3.05) is 7.05 Å². The van der Waals surface area contributed by atoms with E-state index in [0.29, 0.717) is 11.7 Å². The lowest BCUT2D eigenvalue weighted by Gasteiger charge is -2.14. The molecule has 0 unspecified atom stereocenters. The van der Waals surface area contributed by atoms with E-state index in [-0.39, 0.29) is 5.91 Å². The van der Waals surface area contributed by atoms with E-state index in [1.54, 1.807) is 19.4 Å². The number of hydrogen-bond acceptors (Lipinski definition) is 5. The lowest BCUT2D eigenvalue weighted by Crippen LogP contribution is -2.41. The van der Waals surface area contributed by atoms with Crippen LogP contribution in [0, 0.1) is 0 Å². The van der Waals surface area contributed by atoms with Crippen molar-refractivity contribution in [3.63, 3.8) is 0 Å². The van der Waals surface area contributed by atoms with Crippen LogP contribution in [0.5, 0.6) is 0 Å². The SMILES string of the molecule is CNC(=O)NC(=O)[C@@H](C)Sc1ncc(-c2ccccc2)n1Cc1ccco1. The number of thioether (sulfide) groups is 1. The fourth-order valence-corrected chi connectivity index (χ4v) is 3.38. The van der Waals surface area contributed by atoms with Crippen LogP contribution >= 0.6 is 11.8 Å². The Morgan fingerprint density at radius 1 is 1.22 bits per heavy atom. The number of rotatable bonds is 6. The van der Waals surface area contributed by atoms with Gasteiger partial charge in [-0.1, -0.05) is 42.1 Å². The van der Waals surface area contributed by atoms with Crippen molar-refractivity contribution in [2.24, 2.45) is 0 Å². The minimum absolute atomic E-state index is 0.381. The van der Waals surface area contributed by atoms with Gasteiger partial charge in [-0.25, -0.2) is 9.78 Å². The molecule has 0 aliphatic rings. The van der Waals surface area contributed by atoms with E-state index in [9.17, 15) is 9.59 Å². The van der Waals surface area contributed by atoms with E-state index >= 15 is 0 Å². The van der Waals surface area contributed by atoms with Crippen LogP contribution in [0.4, 0.5) is 4.79 Å². The average Bonchev–Trinajstić information content (AvgIpc) is 3.33. The van der Waals surface area contributed by atoms with Crippen LogP contribution in [0.3, 0.4) is 0 Å². The van der Waals surface area contributed by atoms with Gasteiger partial charge in [-0.15, -0.1) is 0 Å². The number of hydrogen-bond donors (Lipinski definition) is 2. The van der Waals surface area contributed by atoms with Crippen LogP contribution in [-0.4, -0.2) is 33.8 Å². The second-order valence-electron chi connectivity index (χ2n) is 5.79. The van der Waals surface area contributed by atoms with Crippen LogP contribution in [-0.2, 0) is 11.3 Å². The van der Waals surface area contributed by atoms with Crippen molar-refractivity contribution in [3.8, 4) is 11.3 Å². The molecule has 0 saturated carbocycles. The summed E-state index contributed by atoms with van der Waals surface area (Å²) in [5.41, 5.74) is 1.94. The first-order valence-corrected chi connectivity index (χ1v) is 9.29. The molecule has 0 radical (unpaired) electrons. The third-order valence-electron chi connectivity index (χ3n) is 3.90. The number of furan rings is 1. The number of carbonyl (C=O) groups excluding carboxylic acids is 2. The van der Waals surface area contributed by atoms with Gasteiger partial charge in [0.05, 0.1) is 29.9 Å². The number of benzene rings is 1. The summed E-state index contributed by atoms with van der Waals surface area (Å²) in [4.78, 5) is 28.0. The predicted octanol–water partition coefficient (Wildman–Crippen LogP) is 3.13. The molecule has 2 heterocycles. The van der Waals surface area contributed by atoms with Crippen LogP contribution in [0.15, 0.2) is 64.5 Å². The first-order valence-electron chi connectivity index (χ1n) is 8.41. The third-order valence-corrected chi connectivity index (χ3v) is 5.00. The number of nitrogens with zero attached hydrogens (tertiary/aromatic N) is 2. The normalized spacial score (nSPS) is 11.8. The Balaban J connectivity index is 1.87. The van der Waals surface area contributed by atoms with Crippen molar-refractivity contribution < 1.29 is 14.0 Å². The summed E-state index contributed by atoms with van der Waals surface area (Å²) in [6.07, 6.45) is 3.41. The Morgan fingerprint density at radius 3 is 2.67 bits per heavy atom. The number of imidazole rings is 1. The molecule has 3 rings (SSSR count). The zero-order valence-electron chi connectivity index (χ0n) is 15.0. The summed E-state index contributed by atoms with van der Waals surface area (Å²) >= 11 is 1.29. The predicted molar refractivity (Wildman–Crippen MR) is 103 cm³/mol. The van der Waals surface area contributed by atoms with Gasteiger partial charge >= 0.3 is 6.03 Å². The Labute approximate surface area is 161 Å². The highest BCUT2D eigenvalue weighted by atomic mass is 32.2. The van der Waals surface area contributed by atoms with Gasteiger partial charge < -0.3 is 14.3 Å². The molecule has 140 valence electrons. The van der Waals surface area contributed by atoms with Gasteiger partial charge in [-0.2, -0.15) is 0 Å². The van der Waals surface area contributed by atoms with E-state index in [1.165, 1.54) is 18.8 Å². The van der Waals surface area contributed by atoms with Crippen LogP contribution in [0.25, 0.3) is 11.3 Å². The fourth-order valence-electron chi connectivity index (χ4n) is 2.49. The van der Waals surface area contributed by atoms with E-state index in [1.807, 2.05) is 47.0 Å². The molecule has 0 aliphatic heterocycles. The summed E-state index contributed by atoms with van der Waals surface area (Å²) in [7, 11) is 1.46. The maximum absolute atomic E-state index is 12.2. The quantitative estimate of drug-likeness (QED) is 0.638. The highest BCUT2D eigenvalue weighted by molar-refractivity contribution is 8.00. The molecular formula is C19H20N4O3S. The second kappa shape index (κ2) is 8.59. The Bertz CT molecular complexity index is 906. The maximum atomic E-state index is 12.2. The molecule has 0 aliphatic carbocycles. The molecule has 1 aromatic carbocycles. The highest BCUT2D eigenvalue weighted by Gasteiger charge is 2.21. The van der Waals surface area contributed by atoms with Crippen molar-refractivity contribution in [1.82, 2.24) is 20.2 Å². The second-order valence-corrected chi connectivity index (χ2v) is 7.09. The average molecular weight is 384 g/mol. The number of aromatic nitrogens is 2. The van der Waals surface area contributed by atoms with Crippen LogP contribution < -0.4 is 10.6 Å². The summed E-state index contributed by atoms with van der Waals surface area (Å²) in [6, 6.07) is 13.1. The highest BCUT2D eigenvalue weighted by Crippen LogP contribution is 2.29.